The van der Waals surface area contributed by atoms with Crippen molar-refractivity contribution in [2.45, 2.75) is 45.6 Å². The van der Waals surface area contributed by atoms with Crippen LogP contribution in [-0.2, 0) is 11.3 Å². The lowest BCUT2D eigenvalue weighted by Crippen LogP contribution is -2.20. The van der Waals surface area contributed by atoms with E-state index in [1.54, 1.807) is 0 Å². The predicted octanol–water partition coefficient (Wildman–Crippen LogP) is 3.78. The van der Waals surface area contributed by atoms with Crippen molar-refractivity contribution in [2.24, 2.45) is 0 Å². The molecule has 1 atom stereocenters. The van der Waals surface area contributed by atoms with Gasteiger partial charge in [0.25, 0.3) is 0 Å². The summed E-state index contributed by atoms with van der Waals surface area (Å²) in [7, 11) is 0. The maximum atomic E-state index is 11.1. The lowest BCUT2D eigenvalue weighted by molar-refractivity contribution is -0.116. The maximum Gasteiger partial charge on any atom is 0.243 e. The molecule has 1 unspecified atom stereocenters. The average Bonchev–Trinajstić information content (AvgIpc) is 2.42. The predicted molar refractivity (Wildman–Crippen MR) is 76.4 cm³/mol. The van der Waals surface area contributed by atoms with Gasteiger partial charge in [-0.3, -0.25) is 4.79 Å². The molecule has 0 fully saturated rings. The van der Waals surface area contributed by atoms with Gasteiger partial charge in [0.1, 0.15) is 0 Å². The number of amides is 1. The largest absolute Gasteiger partial charge is 0.348 e. The Balaban J connectivity index is 2.71. The molecule has 0 radical (unpaired) electrons. The number of carbonyl (C=O) groups excluding carboxylic acids is 1. The summed E-state index contributed by atoms with van der Waals surface area (Å²) in [5.41, 5.74) is 2.53. The van der Waals surface area contributed by atoms with Crippen molar-refractivity contribution in [3.63, 3.8) is 0 Å². The first-order chi connectivity index (χ1) is 8.71. The summed E-state index contributed by atoms with van der Waals surface area (Å²) in [6.45, 7) is 8.46. The third kappa shape index (κ3) is 4.36. The smallest absolute Gasteiger partial charge is 0.243 e. The second-order valence-corrected chi connectivity index (χ2v) is 4.56. The van der Waals surface area contributed by atoms with Crippen LogP contribution in [0.1, 0.15) is 50.2 Å². The SMILES string of the molecule is C=CC(=O)NCc1cccc(C(CC)CCC)c1. The molecule has 1 aromatic carbocycles. The Bertz CT molecular complexity index is 398. The zero-order valence-electron chi connectivity index (χ0n) is 11.4. The van der Waals surface area contributed by atoms with Crippen LogP contribution in [0.3, 0.4) is 0 Å². The summed E-state index contributed by atoms with van der Waals surface area (Å²) in [5.74, 6) is 0.506. The van der Waals surface area contributed by atoms with Crippen molar-refractivity contribution in [3.05, 3.63) is 48.0 Å². The minimum Gasteiger partial charge on any atom is -0.348 e. The number of rotatable bonds is 7. The minimum atomic E-state index is -0.124. The van der Waals surface area contributed by atoms with E-state index >= 15 is 0 Å². The third-order valence-corrected chi connectivity index (χ3v) is 3.20. The topological polar surface area (TPSA) is 29.1 Å². The van der Waals surface area contributed by atoms with Crippen LogP contribution in [0, 0.1) is 0 Å². The molecule has 0 bridgehead atoms. The van der Waals surface area contributed by atoms with Crippen molar-refractivity contribution in [1.29, 1.82) is 0 Å². The summed E-state index contributed by atoms with van der Waals surface area (Å²) in [6, 6.07) is 8.50. The molecular formula is C16H23NO. The van der Waals surface area contributed by atoms with Crippen LogP contribution in [-0.4, -0.2) is 5.91 Å². The highest BCUT2D eigenvalue weighted by molar-refractivity contribution is 5.86. The molecule has 0 aliphatic carbocycles. The molecule has 1 N–H and O–H groups in total. The summed E-state index contributed by atoms with van der Waals surface area (Å²) in [6.07, 6.45) is 4.89. The lowest BCUT2D eigenvalue weighted by atomic mass is 9.91. The molecule has 2 heteroatoms. The Hall–Kier alpha value is -1.57. The summed E-state index contributed by atoms with van der Waals surface area (Å²) < 4.78 is 0. The van der Waals surface area contributed by atoms with E-state index < -0.39 is 0 Å². The van der Waals surface area contributed by atoms with Gasteiger partial charge in [0.05, 0.1) is 0 Å². The van der Waals surface area contributed by atoms with Gasteiger partial charge < -0.3 is 5.32 Å². The van der Waals surface area contributed by atoms with Gasteiger partial charge in [0.15, 0.2) is 0 Å². The number of hydrogen-bond donors (Lipinski definition) is 1. The quantitative estimate of drug-likeness (QED) is 0.728. The van der Waals surface area contributed by atoms with Gasteiger partial charge in [0, 0.05) is 6.54 Å². The number of nitrogens with one attached hydrogen (secondary N) is 1. The Morgan fingerprint density at radius 2 is 2.22 bits per heavy atom. The fraction of sp³-hybridized carbons (Fsp3) is 0.438. The van der Waals surface area contributed by atoms with Crippen LogP contribution < -0.4 is 5.32 Å². The second kappa shape index (κ2) is 7.70. The summed E-state index contributed by atoms with van der Waals surface area (Å²) in [4.78, 5) is 11.1. The van der Waals surface area contributed by atoms with Gasteiger partial charge >= 0.3 is 0 Å². The van der Waals surface area contributed by atoms with Crippen LogP contribution in [0.2, 0.25) is 0 Å². The lowest BCUT2D eigenvalue weighted by Gasteiger charge is -2.15. The molecule has 1 rings (SSSR count). The standard InChI is InChI=1S/C16H23NO/c1-4-8-14(5-2)15-10-7-9-13(11-15)12-17-16(18)6-3/h6-7,9-11,14H,3-5,8,12H2,1-2H3,(H,17,18). The van der Waals surface area contributed by atoms with Gasteiger partial charge in [-0.2, -0.15) is 0 Å². The van der Waals surface area contributed by atoms with E-state index in [-0.39, 0.29) is 5.91 Å². The molecule has 1 aromatic rings. The van der Waals surface area contributed by atoms with E-state index in [9.17, 15) is 4.79 Å². The Morgan fingerprint density at radius 1 is 1.44 bits per heavy atom. The van der Waals surface area contributed by atoms with E-state index in [4.69, 9.17) is 0 Å². The molecule has 0 heterocycles. The first-order valence-corrected chi connectivity index (χ1v) is 6.70. The molecule has 0 aromatic heterocycles. The van der Waals surface area contributed by atoms with Gasteiger partial charge in [0.2, 0.25) is 5.91 Å². The number of benzene rings is 1. The first kappa shape index (κ1) is 14.5. The van der Waals surface area contributed by atoms with E-state index in [1.807, 2.05) is 6.07 Å². The summed E-state index contributed by atoms with van der Waals surface area (Å²) >= 11 is 0. The molecule has 0 saturated carbocycles. The second-order valence-electron chi connectivity index (χ2n) is 4.56. The van der Waals surface area contributed by atoms with Crippen LogP contribution in [0.15, 0.2) is 36.9 Å². The van der Waals surface area contributed by atoms with Crippen molar-refractivity contribution in [3.8, 4) is 0 Å². The van der Waals surface area contributed by atoms with Crippen LogP contribution >= 0.6 is 0 Å². The highest BCUT2D eigenvalue weighted by atomic mass is 16.1. The van der Waals surface area contributed by atoms with Crippen molar-refractivity contribution >= 4 is 5.91 Å². The molecular weight excluding hydrogens is 222 g/mol. The third-order valence-electron chi connectivity index (χ3n) is 3.20. The zero-order chi connectivity index (χ0) is 13.4. The van der Waals surface area contributed by atoms with E-state index in [0.29, 0.717) is 12.5 Å². The van der Waals surface area contributed by atoms with Gasteiger partial charge in [-0.1, -0.05) is 51.1 Å². The van der Waals surface area contributed by atoms with Crippen molar-refractivity contribution in [2.75, 3.05) is 0 Å². The summed E-state index contributed by atoms with van der Waals surface area (Å²) in [5, 5.41) is 2.81. The van der Waals surface area contributed by atoms with Gasteiger partial charge in [-0.25, -0.2) is 0 Å². The Morgan fingerprint density at radius 3 is 2.83 bits per heavy atom. The highest BCUT2D eigenvalue weighted by Gasteiger charge is 2.08. The van der Waals surface area contributed by atoms with Crippen LogP contribution in [0.25, 0.3) is 0 Å². The molecule has 0 aliphatic heterocycles. The molecule has 98 valence electrons. The van der Waals surface area contributed by atoms with Crippen molar-refractivity contribution < 1.29 is 4.79 Å². The van der Waals surface area contributed by atoms with Gasteiger partial charge in [-0.15, -0.1) is 0 Å². The molecule has 0 aliphatic rings. The highest BCUT2D eigenvalue weighted by Crippen LogP contribution is 2.25. The average molecular weight is 245 g/mol. The fourth-order valence-corrected chi connectivity index (χ4v) is 2.17. The van der Waals surface area contributed by atoms with E-state index in [2.05, 4.69) is 43.9 Å². The van der Waals surface area contributed by atoms with Crippen LogP contribution in [0.5, 0.6) is 0 Å². The fourth-order valence-electron chi connectivity index (χ4n) is 2.17. The monoisotopic (exact) mass is 245 g/mol. The minimum absolute atomic E-state index is 0.124. The van der Waals surface area contributed by atoms with E-state index in [0.717, 1.165) is 12.0 Å². The number of carbonyl (C=O) groups is 1. The number of hydrogen-bond acceptors (Lipinski definition) is 1. The first-order valence-electron chi connectivity index (χ1n) is 6.70. The molecule has 1 amide bonds. The maximum absolute atomic E-state index is 11.1. The molecule has 0 saturated heterocycles. The Labute approximate surface area is 110 Å². The molecule has 2 nitrogen and oxygen atoms in total. The van der Waals surface area contributed by atoms with Crippen molar-refractivity contribution in [1.82, 2.24) is 5.32 Å². The van der Waals surface area contributed by atoms with E-state index in [1.165, 1.54) is 24.5 Å². The van der Waals surface area contributed by atoms with Gasteiger partial charge in [-0.05, 0) is 36.0 Å². The van der Waals surface area contributed by atoms with Crippen LogP contribution in [0.4, 0.5) is 0 Å². The molecule has 18 heavy (non-hydrogen) atoms. The zero-order valence-corrected chi connectivity index (χ0v) is 11.4. The molecule has 0 spiro atoms. The normalized spacial score (nSPS) is 11.9. The Kier molecular flexibility index (Phi) is 6.20.